The van der Waals surface area contributed by atoms with Crippen LogP contribution in [-0.2, 0) is 13.0 Å². The topological polar surface area (TPSA) is 17.8 Å². The van der Waals surface area contributed by atoms with Crippen LogP contribution in [0.15, 0.2) is 24.3 Å². The van der Waals surface area contributed by atoms with E-state index >= 15 is 0 Å². The van der Waals surface area contributed by atoms with Gasteiger partial charge in [0, 0.05) is 17.8 Å². The molecule has 2 aromatic rings. The van der Waals surface area contributed by atoms with E-state index in [0.717, 1.165) is 24.4 Å². The van der Waals surface area contributed by atoms with Crippen molar-refractivity contribution in [2.45, 2.75) is 50.4 Å². The fourth-order valence-electron chi connectivity index (χ4n) is 3.30. The molecule has 0 amide bonds. The van der Waals surface area contributed by atoms with E-state index in [4.69, 9.17) is 4.98 Å². The van der Waals surface area contributed by atoms with Crippen molar-refractivity contribution >= 4 is 27.0 Å². The molecule has 0 radical (unpaired) electrons. The lowest BCUT2D eigenvalue weighted by Crippen LogP contribution is -2.18. The van der Waals surface area contributed by atoms with Crippen LogP contribution in [0, 0.1) is 5.92 Å². The minimum absolute atomic E-state index is 0.714. The Labute approximate surface area is 123 Å². The van der Waals surface area contributed by atoms with Crippen LogP contribution in [-0.4, -0.2) is 14.4 Å². The smallest absolute Gasteiger partial charge is 0.110 e. The summed E-state index contributed by atoms with van der Waals surface area (Å²) in [7, 11) is 0. The summed E-state index contributed by atoms with van der Waals surface area (Å²) in [6, 6.07) is 8.49. The van der Waals surface area contributed by atoms with Gasteiger partial charge in [-0.15, -0.1) is 0 Å². The highest BCUT2D eigenvalue weighted by atomic mass is 79.9. The second kappa shape index (κ2) is 5.66. The van der Waals surface area contributed by atoms with E-state index in [1.165, 1.54) is 37.0 Å². The maximum Gasteiger partial charge on any atom is 0.110 e. The molecule has 1 aliphatic rings. The van der Waals surface area contributed by atoms with Crippen molar-refractivity contribution in [3.05, 3.63) is 30.1 Å². The summed E-state index contributed by atoms with van der Waals surface area (Å²) in [5.74, 6) is 2.07. The fraction of sp³-hybridized carbons (Fsp3) is 0.562. The van der Waals surface area contributed by atoms with Gasteiger partial charge >= 0.3 is 0 Å². The summed E-state index contributed by atoms with van der Waals surface area (Å²) >= 11 is 3.79. The summed E-state index contributed by atoms with van der Waals surface area (Å²) in [4.78, 5) is 5.56. The van der Waals surface area contributed by atoms with E-state index in [-0.39, 0.29) is 0 Å². The number of hydrogen-bond acceptors (Lipinski definition) is 1. The average Bonchev–Trinajstić information content (AvgIpc) is 2.75. The van der Waals surface area contributed by atoms with Gasteiger partial charge in [-0.1, -0.05) is 34.5 Å². The molecule has 0 aliphatic heterocycles. The summed E-state index contributed by atoms with van der Waals surface area (Å²) in [6.07, 6.45) is 6.47. The standard InChI is InChI=1S/C16H21BrN2/c1-2-19-15-9-4-3-8-14(15)18-16(19)11-12-6-5-7-13(17)10-12/h3-4,8-9,12-13H,2,5-7,10-11H2,1H3. The first-order chi connectivity index (χ1) is 9.28. The Morgan fingerprint density at radius 2 is 2.16 bits per heavy atom. The zero-order valence-electron chi connectivity index (χ0n) is 11.5. The number of para-hydroxylation sites is 2. The second-order valence-corrected chi connectivity index (χ2v) is 6.89. The quantitative estimate of drug-likeness (QED) is 0.758. The van der Waals surface area contributed by atoms with Crippen molar-refractivity contribution < 1.29 is 0 Å². The van der Waals surface area contributed by atoms with Crippen LogP contribution in [0.3, 0.4) is 0 Å². The maximum absolute atomic E-state index is 4.85. The van der Waals surface area contributed by atoms with Crippen molar-refractivity contribution in [2.24, 2.45) is 5.92 Å². The molecule has 1 heterocycles. The third kappa shape index (κ3) is 2.71. The molecular formula is C16H21BrN2. The number of rotatable bonds is 3. The lowest BCUT2D eigenvalue weighted by Gasteiger charge is -2.25. The predicted octanol–water partition coefficient (Wildman–Crippen LogP) is 4.55. The van der Waals surface area contributed by atoms with Crippen molar-refractivity contribution in [3.8, 4) is 0 Å². The Kier molecular flexibility index (Phi) is 3.92. The van der Waals surface area contributed by atoms with Gasteiger partial charge < -0.3 is 4.57 Å². The van der Waals surface area contributed by atoms with E-state index in [1.807, 2.05) is 0 Å². The number of nitrogens with zero attached hydrogens (tertiary/aromatic N) is 2. The van der Waals surface area contributed by atoms with Gasteiger partial charge in [-0.05, 0) is 44.2 Å². The monoisotopic (exact) mass is 320 g/mol. The minimum atomic E-state index is 0.714. The number of fused-ring (bicyclic) bond motifs is 1. The van der Waals surface area contributed by atoms with Crippen LogP contribution in [0.4, 0.5) is 0 Å². The number of aromatic nitrogens is 2. The highest BCUT2D eigenvalue weighted by Crippen LogP contribution is 2.31. The van der Waals surface area contributed by atoms with E-state index in [9.17, 15) is 0 Å². The summed E-state index contributed by atoms with van der Waals surface area (Å²) in [5, 5.41) is 0. The van der Waals surface area contributed by atoms with Gasteiger partial charge in [0.15, 0.2) is 0 Å². The number of halogens is 1. The summed E-state index contributed by atoms with van der Waals surface area (Å²) in [5.41, 5.74) is 2.43. The van der Waals surface area contributed by atoms with E-state index in [0.29, 0.717) is 4.83 Å². The molecule has 1 aromatic heterocycles. The molecule has 3 rings (SSSR count). The molecule has 2 unspecified atom stereocenters. The highest BCUT2D eigenvalue weighted by Gasteiger charge is 2.22. The fourth-order valence-corrected chi connectivity index (χ4v) is 4.16. The molecule has 0 N–H and O–H groups in total. The molecule has 102 valence electrons. The number of imidazole rings is 1. The molecule has 3 heteroatoms. The van der Waals surface area contributed by atoms with Crippen LogP contribution in [0.25, 0.3) is 11.0 Å². The number of benzene rings is 1. The van der Waals surface area contributed by atoms with Crippen LogP contribution >= 0.6 is 15.9 Å². The largest absolute Gasteiger partial charge is 0.328 e. The SMILES string of the molecule is CCn1c(CC2CCCC(Br)C2)nc2ccccc21. The second-order valence-electron chi connectivity index (χ2n) is 5.60. The van der Waals surface area contributed by atoms with E-state index in [2.05, 4.69) is 51.7 Å². The normalized spacial score (nSPS) is 23.9. The van der Waals surface area contributed by atoms with Gasteiger partial charge in [0.1, 0.15) is 5.82 Å². The highest BCUT2D eigenvalue weighted by molar-refractivity contribution is 9.09. The lowest BCUT2D eigenvalue weighted by molar-refractivity contribution is 0.359. The van der Waals surface area contributed by atoms with E-state index in [1.54, 1.807) is 0 Å². The molecule has 1 fully saturated rings. The zero-order chi connectivity index (χ0) is 13.2. The lowest BCUT2D eigenvalue weighted by atomic mass is 9.87. The number of aryl methyl sites for hydroxylation is 1. The van der Waals surface area contributed by atoms with Gasteiger partial charge in [0.25, 0.3) is 0 Å². The average molecular weight is 321 g/mol. The molecule has 0 saturated heterocycles. The predicted molar refractivity (Wildman–Crippen MR) is 83.8 cm³/mol. The molecule has 2 atom stereocenters. The molecule has 1 aliphatic carbocycles. The van der Waals surface area contributed by atoms with Gasteiger partial charge in [0.05, 0.1) is 11.0 Å². The first kappa shape index (κ1) is 13.2. The van der Waals surface area contributed by atoms with Gasteiger partial charge in [-0.3, -0.25) is 0 Å². The number of alkyl halides is 1. The Bertz CT molecular complexity index is 561. The summed E-state index contributed by atoms with van der Waals surface area (Å²) < 4.78 is 2.38. The minimum Gasteiger partial charge on any atom is -0.328 e. The Morgan fingerprint density at radius 1 is 1.32 bits per heavy atom. The van der Waals surface area contributed by atoms with Crippen LogP contribution in [0.2, 0.25) is 0 Å². The Balaban J connectivity index is 1.87. The molecule has 1 aromatic carbocycles. The number of hydrogen-bond donors (Lipinski definition) is 0. The van der Waals surface area contributed by atoms with Crippen molar-refractivity contribution in [1.82, 2.24) is 9.55 Å². The third-order valence-corrected chi connectivity index (χ3v) is 5.07. The van der Waals surface area contributed by atoms with Gasteiger partial charge in [-0.2, -0.15) is 0 Å². The van der Waals surface area contributed by atoms with Crippen molar-refractivity contribution in [3.63, 3.8) is 0 Å². The van der Waals surface area contributed by atoms with Gasteiger partial charge in [-0.25, -0.2) is 4.98 Å². The third-order valence-electron chi connectivity index (χ3n) is 4.24. The van der Waals surface area contributed by atoms with Crippen molar-refractivity contribution in [1.29, 1.82) is 0 Å². The maximum atomic E-state index is 4.85. The first-order valence-electron chi connectivity index (χ1n) is 7.36. The Hall–Kier alpha value is -0.830. The van der Waals surface area contributed by atoms with Gasteiger partial charge in [0.2, 0.25) is 0 Å². The molecule has 1 saturated carbocycles. The Morgan fingerprint density at radius 3 is 2.95 bits per heavy atom. The molecule has 2 nitrogen and oxygen atoms in total. The van der Waals surface area contributed by atoms with Crippen LogP contribution < -0.4 is 0 Å². The van der Waals surface area contributed by atoms with E-state index < -0.39 is 0 Å². The van der Waals surface area contributed by atoms with Crippen molar-refractivity contribution in [2.75, 3.05) is 0 Å². The molecule has 19 heavy (non-hydrogen) atoms. The molecule has 0 spiro atoms. The van der Waals surface area contributed by atoms with Crippen LogP contribution in [0.5, 0.6) is 0 Å². The molecular weight excluding hydrogens is 300 g/mol. The summed E-state index contributed by atoms with van der Waals surface area (Å²) in [6.45, 7) is 3.23. The zero-order valence-corrected chi connectivity index (χ0v) is 13.1. The first-order valence-corrected chi connectivity index (χ1v) is 8.27. The molecule has 0 bridgehead atoms. The van der Waals surface area contributed by atoms with Crippen LogP contribution in [0.1, 0.15) is 38.4 Å².